The summed E-state index contributed by atoms with van der Waals surface area (Å²) in [5.41, 5.74) is 6.40. The molecule has 3 heteroatoms. The molecule has 0 bridgehead atoms. The Labute approximate surface area is 127 Å². The summed E-state index contributed by atoms with van der Waals surface area (Å²) in [5, 5.41) is 0. The van der Waals surface area contributed by atoms with Crippen LogP contribution in [0.25, 0.3) is 0 Å². The lowest BCUT2D eigenvalue weighted by molar-refractivity contribution is 0.0191. The molecule has 2 heterocycles. The Morgan fingerprint density at radius 3 is 2.65 bits per heavy atom. The van der Waals surface area contributed by atoms with Crippen LogP contribution in [0.3, 0.4) is 0 Å². The van der Waals surface area contributed by atoms with Crippen LogP contribution in [0.5, 0.6) is 0 Å². The van der Waals surface area contributed by atoms with Crippen molar-refractivity contribution in [3.8, 4) is 0 Å². The van der Waals surface area contributed by atoms with Crippen LogP contribution in [0.1, 0.15) is 61.2 Å². The van der Waals surface area contributed by atoms with Crippen molar-refractivity contribution >= 4 is 11.3 Å². The van der Waals surface area contributed by atoms with Gasteiger partial charge < -0.3 is 5.73 Å². The van der Waals surface area contributed by atoms with Gasteiger partial charge in [-0.05, 0) is 64.1 Å². The quantitative estimate of drug-likeness (QED) is 0.909. The predicted molar refractivity (Wildman–Crippen MR) is 87.1 cm³/mol. The number of thiophene rings is 1. The SMILES string of the molecule is Cc1ccc(C(C(C)N)N2CCCC3CCCCC32)s1. The molecule has 2 fully saturated rings. The average Bonchev–Trinajstić information content (AvgIpc) is 2.85. The standard InChI is InChI=1S/C17H28N2S/c1-12-9-10-16(20-12)17(13(2)18)19-11-5-7-14-6-3-4-8-15(14)19/h9-10,13-15,17H,3-8,11,18H2,1-2H3. The van der Waals surface area contributed by atoms with Gasteiger partial charge in [0.05, 0.1) is 6.04 Å². The summed E-state index contributed by atoms with van der Waals surface area (Å²) in [6.45, 7) is 5.63. The summed E-state index contributed by atoms with van der Waals surface area (Å²) >= 11 is 1.94. The van der Waals surface area contributed by atoms with Crippen molar-refractivity contribution in [1.29, 1.82) is 0 Å². The smallest absolute Gasteiger partial charge is 0.0593 e. The number of nitrogens with zero attached hydrogens (tertiary/aromatic N) is 1. The number of hydrogen-bond donors (Lipinski definition) is 1. The minimum atomic E-state index is 0.216. The van der Waals surface area contributed by atoms with Crippen LogP contribution < -0.4 is 5.73 Å². The molecule has 1 aromatic rings. The van der Waals surface area contributed by atoms with Gasteiger partial charge in [-0.1, -0.05) is 12.8 Å². The zero-order chi connectivity index (χ0) is 14.1. The molecule has 1 saturated heterocycles. The van der Waals surface area contributed by atoms with Crippen LogP contribution in [0.15, 0.2) is 12.1 Å². The van der Waals surface area contributed by atoms with Crippen LogP contribution >= 0.6 is 11.3 Å². The van der Waals surface area contributed by atoms with E-state index in [4.69, 9.17) is 5.73 Å². The molecule has 4 atom stereocenters. The van der Waals surface area contributed by atoms with Crippen LogP contribution in [0, 0.1) is 12.8 Å². The molecule has 0 aromatic carbocycles. The number of rotatable bonds is 3. The highest BCUT2D eigenvalue weighted by atomic mass is 32.1. The highest BCUT2D eigenvalue weighted by molar-refractivity contribution is 7.12. The summed E-state index contributed by atoms with van der Waals surface area (Å²) in [7, 11) is 0. The van der Waals surface area contributed by atoms with E-state index in [1.807, 2.05) is 11.3 Å². The van der Waals surface area contributed by atoms with Crippen molar-refractivity contribution in [3.05, 3.63) is 21.9 Å². The molecule has 1 aliphatic carbocycles. The summed E-state index contributed by atoms with van der Waals surface area (Å²) in [6, 6.07) is 5.99. The van der Waals surface area contributed by atoms with E-state index >= 15 is 0 Å². The molecule has 1 aromatic heterocycles. The van der Waals surface area contributed by atoms with Crippen LogP contribution in [-0.4, -0.2) is 23.5 Å². The van der Waals surface area contributed by atoms with E-state index in [-0.39, 0.29) is 6.04 Å². The lowest BCUT2D eigenvalue weighted by Crippen LogP contribution is -2.51. The third kappa shape index (κ3) is 2.81. The molecule has 4 unspecified atom stereocenters. The molecule has 2 N–H and O–H groups in total. The Bertz CT molecular complexity index is 438. The van der Waals surface area contributed by atoms with Crippen molar-refractivity contribution in [3.63, 3.8) is 0 Å². The first-order valence-corrected chi connectivity index (χ1v) is 9.06. The Hall–Kier alpha value is -0.380. The third-order valence-corrected chi connectivity index (χ3v) is 6.27. The number of nitrogens with two attached hydrogens (primary N) is 1. The maximum Gasteiger partial charge on any atom is 0.0593 e. The van der Waals surface area contributed by atoms with Crippen LogP contribution in [0.4, 0.5) is 0 Å². The zero-order valence-corrected chi connectivity index (χ0v) is 13.7. The summed E-state index contributed by atoms with van der Waals surface area (Å²) in [5.74, 6) is 0.930. The molecule has 0 spiro atoms. The minimum absolute atomic E-state index is 0.216. The van der Waals surface area contributed by atoms with Crippen molar-refractivity contribution < 1.29 is 0 Å². The van der Waals surface area contributed by atoms with Gasteiger partial charge in [-0.3, -0.25) is 4.90 Å². The average molecular weight is 292 g/mol. The highest BCUT2D eigenvalue weighted by Crippen LogP contribution is 2.41. The Morgan fingerprint density at radius 1 is 1.20 bits per heavy atom. The molecule has 2 nitrogen and oxygen atoms in total. The van der Waals surface area contributed by atoms with E-state index in [0.29, 0.717) is 6.04 Å². The van der Waals surface area contributed by atoms with Gasteiger partial charge in [-0.2, -0.15) is 0 Å². The first-order chi connectivity index (χ1) is 9.66. The van der Waals surface area contributed by atoms with E-state index in [9.17, 15) is 0 Å². The number of likely N-dealkylation sites (tertiary alicyclic amines) is 1. The maximum atomic E-state index is 6.40. The molecule has 112 valence electrons. The van der Waals surface area contributed by atoms with Gasteiger partial charge in [0.2, 0.25) is 0 Å². The maximum absolute atomic E-state index is 6.40. The minimum Gasteiger partial charge on any atom is -0.326 e. The molecule has 1 saturated carbocycles. The van der Waals surface area contributed by atoms with E-state index in [1.54, 1.807) is 0 Å². The summed E-state index contributed by atoms with van der Waals surface area (Å²) in [6.07, 6.45) is 8.47. The summed E-state index contributed by atoms with van der Waals surface area (Å²) < 4.78 is 0. The fraction of sp³-hybridized carbons (Fsp3) is 0.765. The van der Waals surface area contributed by atoms with Crippen molar-refractivity contribution in [2.75, 3.05) is 6.54 Å². The topological polar surface area (TPSA) is 29.3 Å². The van der Waals surface area contributed by atoms with Crippen LogP contribution in [-0.2, 0) is 0 Å². The van der Waals surface area contributed by atoms with Crippen molar-refractivity contribution in [2.45, 2.75) is 70.5 Å². The first kappa shape index (κ1) is 14.6. The van der Waals surface area contributed by atoms with Gasteiger partial charge >= 0.3 is 0 Å². The third-order valence-electron chi connectivity index (χ3n) is 5.19. The lowest BCUT2D eigenvalue weighted by Gasteiger charge is -2.48. The number of piperidine rings is 1. The molecular weight excluding hydrogens is 264 g/mol. The second-order valence-corrected chi connectivity index (χ2v) is 8.06. The lowest BCUT2D eigenvalue weighted by atomic mass is 9.77. The molecule has 3 rings (SSSR count). The molecule has 2 aliphatic rings. The van der Waals surface area contributed by atoms with Gasteiger partial charge in [-0.15, -0.1) is 11.3 Å². The van der Waals surface area contributed by atoms with E-state index in [0.717, 1.165) is 12.0 Å². The normalized spacial score (nSPS) is 30.8. The highest BCUT2D eigenvalue weighted by Gasteiger charge is 2.38. The zero-order valence-electron chi connectivity index (χ0n) is 12.8. The molecule has 20 heavy (non-hydrogen) atoms. The van der Waals surface area contributed by atoms with Gasteiger partial charge in [0.15, 0.2) is 0 Å². The second kappa shape index (κ2) is 6.17. The second-order valence-electron chi connectivity index (χ2n) is 6.74. The van der Waals surface area contributed by atoms with E-state index in [2.05, 4.69) is 30.9 Å². The Kier molecular flexibility index (Phi) is 4.49. The molecule has 0 amide bonds. The Balaban J connectivity index is 1.86. The van der Waals surface area contributed by atoms with Gasteiger partial charge in [-0.25, -0.2) is 0 Å². The largest absolute Gasteiger partial charge is 0.326 e. The monoisotopic (exact) mass is 292 g/mol. The van der Waals surface area contributed by atoms with Gasteiger partial charge in [0.25, 0.3) is 0 Å². The Morgan fingerprint density at radius 2 is 1.95 bits per heavy atom. The van der Waals surface area contributed by atoms with Gasteiger partial charge in [0.1, 0.15) is 0 Å². The van der Waals surface area contributed by atoms with Gasteiger partial charge in [0, 0.05) is 21.8 Å². The van der Waals surface area contributed by atoms with E-state index < -0.39 is 0 Å². The predicted octanol–water partition coefficient (Wildman–Crippen LogP) is 4.10. The van der Waals surface area contributed by atoms with Crippen molar-refractivity contribution in [2.24, 2.45) is 11.7 Å². The first-order valence-electron chi connectivity index (χ1n) is 8.24. The molecule has 1 aliphatic heterocycles. The number of hydrogen-bond acceptors (Lipinski definition) is 3. The van der Waals surface area contributed by atoms with E-state index in [1.165, 1.54) is 54.8 Å². The molecular formula is C17H28N2S. The number of aryl methyl sites for hydroxylation is 1. The fourth-order valence-corrected chi connectivity index (χ4v) is 5.46. The van der Waals surface area contributed by atoms with Crippen molar-refractivity contribution in [1.82, 2.24) is 4.90 Å². The number of fused-ring (bicyclic) bond motifs is 1. The molecule has 0 radical (unpaired) electrons. The summed E-state index contributed by atoms with van der Waals surface area (Å²) in [4.78, 5) is 5.65. The van der Waals surface area contributed by atoms with Crippen LogP contribution in [0.2, 0.25) is 0 Å². The fourth-order valence-electron chi connectivity index (χ4n) is 4.35.